The number of amides is 2. The first kappa shape index (κ1) is 16.2. The van der Waals surface area contributed by atoms with Crippen LogP contribution >= 0.6 is 11.3 Å². The standard InChI is InChI=1S/C14H18N2O3S/c1-10-9-12(20-11(10)5-4-8-17)14(19)15-7-6-13(18)16(2)3/h9,17H,6-8H2,1-3H3,(H,15,19). The van der Waals surface area contributed by atoms with E-state index in [1.165, 1.54) is 16.2 Å². The minimum absolute atomic E-state index is 0.0258. The van der Waals surface area contributed by atoms with Crippen molar-refractivity contribution in [1.82, 2.24) is 10.2 Å². The first-order valence-electron chi connectivity index (χ1n) is 6.14. The number of carbonyl (C=O) groups is 2. The van der Waals surface area contributed by atoms with E-state index in [4.69, 9.17) is 5.11 Å². The van der Waals surface area contributed by atoms with Gasteiger partial charge in [-0.2, -0.15) is 0 Å². The van der Waals surface area contributed by atoms with E-state index in [0.717, 1.165) is 10.4 Å². The number of carbonyl (C=O) groups excluding carboxylic acids is 2. The summed E-state index contributed by atoms with van der Waals surface area (Å²) in [4.78, 5) is 26.1. The highest BCUT2D eigenvalue weighted by atomic mass is 32.1. The van der Waals surface area contributed by atoms with Crippen LogP contribution in [0.5, 0.6) is 0 Å². The molecular formula is C14H18N2O3S. The lowest BCUT2D eigenvalue weighted by Gasteiger charge is -2.09. The van der Waals surface area contributed by atoms with E-state index in [-0.39, 0.29) is 24.8 Å². The normalized spacial score (nSPS) is 9.60. The molecule has 1 aromatic heterocycles. The highest BCUT2D eigenvalue weighted by molar-refractivity contribution is 7.14. The fourth-order valence-corrected chi connectivity index (χ4v) is 2.40. The maximum absolute atomic E-state index is 11.9. The van der Waals surface area contributed by atoms with Crippen LogP contribution in [0.4, 0.5) is 0 Å². The number of thiophene rings is 1. The van der Waals surface area contributed by atoms with Crippen LogP contribution in [0.2, 0.25) is 0 Å². The predicted molar refractivity (Wildman–Crippen MR) is 78.7 cm³/mol. The number of aliphatic hydroxyl groups excluding tert-OH is 1. The van der Waals surface area contributed by atoms with Crippen molar-refractivity contribution >= 4 is 23.2 Å². The number of aliphatic hydroxyl groups is 1. The largest absolute Gasteiger partial charge is 0.384 e. The summed E-state index contributed by atoms with van der Waals surface area (Å²) in [6.07, 6.45) is 0.278. The van der Waals surface area contributed by atoms with Crippen LogP contribution < -0.4 is 5.32 Å². The van der Waals surface area contributed by atoms with Gasteiger partial charge in [0.05, 0.1) is 9.75 Å². The van der Waals surface area contributed by atoms with Crippen molar-refractivity contribution in [2.24, 2.45) is 0 Å². The summed E-state index contributed by atoms with van der Waals surface area (Å²) < 4.78 is 0. The quantitative estimate of drug-likeness (QED) is 0.799. The van der Waals surface area contributed by atoms with Gasteiger partial charge in [0.1, 0.15) is 6.61 Å². The lowest BCUT2D eigenvalue weighted by atomic mass is 10.2. The van der Waals surface area contributed by atoms with Crippen LogP contribution in [0, 0.1) is 18.8 Å². The molecule has 5 nitrogen and oxygen atoms in total. The molecule has 0 aliphatic carbocycles. The fourth-order valence-electron chi connectivity index (χ4n) is 1.43. The molecule has 2 amide bonds. The molecule has 20 heavy (non-hydrogen) atoms. The van der Waals surface area contributed by atoms with Crippen LogP contribution in [0.3, 0.4) is 0 Å². The zero-order valence-electron chi connectivity index (χ0n) is 11.8. The molecule has 0 aromatic carbocycles. The molecule has 0 saturated heterocycles. The summed E-state index contributed by atoms with van der Waals surface area (Å²) in [6.45, 7) is 1.97. The molecule has 0 radical (unpaired) electrons. The summed E-state index contributed by atoms with van der Waals surface area (Å²) in [6, 6.07) is 1.76. The van der Waals surface area contributed by atoms with E-state index in [9.17, 15) is 9.59 Å². The maximum atomic E-state index is 11.9. The summed E-state index contributed by atoms with van der Waals surface area (Å²) in [7, 11) is 3.36. The highest BCUT2D eigenvalue weighted by Crippen LogP contribution is 2.20. The summed E-state index contributed by atoms with van der Waals surface area (Å²) in [5.41, 5.74) is 0.908. The Morgan fingerprint density at radius 3 is 2.75 bits per heavy atom. The Morgan fingerprint density at radius 2 is 2.15 bits per heavy atom. The number of nitrogens with zero attached hydrogens (tertiary/aromatic N) is 1. The average molecular weight is 294 g/mol. The Bertz CT molecular complexity index is 553. The third kappa shape index (κ3) is 4.68. The molecule has 0 aliphatic heterocycles. The molecule has 1 heterocycles. The second-order valence-corrected chi connectivity index (χ2v) is 5.43. The third-order valence-corrected chi connectivity index (χ3v) is 3.70. The van der Waals surface area contributed by atoms with Crippen molar-refractivity contribution in [2.75, 3.05) is 27.2 Å². The lowest BCUT2D eigenvalue weighted by molar-refractivity contribution is -0.128. The van der Waals surface area contributed by atoms with Gasteiger partial charge < -0.3 is 15.3 Å². The third-order valence-electron chi connectivity index (χ3n) is 2.55. The molecule has 0 saturated carbocycles. The molecule has 0 atom stereocenters. The van der Waals surface area contributed by atoms with E-state index in [1.54, 1.807) is 20.2 Å². The van der Waals surface area contributed by atoms with Gasteiger partial charge in [-0.05, 0) is 18.6 Å². The second kappa shape index (κ2) is 7.68. The Labute approximate surface area is 122 Å². The zero-order valence-corrected chi connectivity index (χ0v) is 12.6. The summed E-state index contributed by atoms with van der Waals surface area (Å²) in [5.74, 6) is 5.13. The minimum Gasteiger partial charge on any atom is -0.384 e. The Kier molecular flexibility index (Phi) is 6.22. The first-order valence-corrected chi connectivity index (χ1v) is 6.96. The number of hydrogen-bond acceptors (Lipinski definition) is 4. The van der Waals surface area contributed by atoms with Gasteiger partial charge in [-0.1, -0.05) is 11.8 Å². The minimum atomic E-state index is -0.207. The fraction of sp³-hybridized carbons (Fsp3) is 0.429. The molecule has 2 N–H and O–H groups in total. The van der Waals surface area contributed by atoms with Crippen LogP contribution in [0.25, 0.3) is 0 Å². The van der Waals surface area contributed by atoms with Gasteiger partial charge in [-0.25, -0.2) is 0 Å². The SMILES string of the molecule is Cc1cc(C(=O)NCCC(=O)N(C)C)sc1C#CCO. The van der Waals surface area contributed by atoms with E-state index >= 15 is 0 Å². The van der Waals surface area contributed by atoms with E-state index in [0.29, 0.717) is 11.4 Å². The monoisotopic (exact) mass is 294 g/mol. The first-order chi connectivity index (χ1) is 9.45. The molecular weight excluding hydrogens is 276 g/mol. The number of hydrogen-bond donors (Lipinski definition) is 2. The Hall–Kier alpha value is -1.84. The predicted octanol–water partition coefficient (Wildman–Crippen LogP) is 0.608. The van der Waals surface area contributed by atoms with Gasteiger partial charge in [0.25, 0.3) is 5.91 Å². The molecule has 108 valence electrons. The molecule has 1 aromatic rings. The van der Waals surface area contributed by atoms with Crippen LogP contribution in [0.15, 0.2) is 6.07 Å². The van der Waals surface area contributed by atoms with Gasteiger partial charge in [-0.3, -0.25) is 9.59 Å². The molecule has 0 aliphatic rings. The smallest absolute Gasteiger partial charge is 0.261 e. The van der Waals surface area contributed by atoms with Gasteiger partial charge in [0.15, 0.2) is 0 Å². The Balaban J connectivity index is 2.58. The molecule has 0 fully saturated rings. The molecule has 0 bridgehead atoms. The molecule has 0 spiro atoms. The van der Waals surface area contributed by atoms with Crippen LogP contribution in [-0.4, -0.2) is 49.1 Å². The van der Waals surface area contributed by atoms with E-state index < -0.39 is 0 Å². The van der Waals surface area contributed by atoms with Gasteiger partial charge in [0, 0.05) is 27.1 Å². The van der Waals surface area contributed by atoms with Gasteiger partial charge >= 0.3 is 0 Å². The zero-order chi connectivity index (χ0) is 15.1. The van der Waals surface area contributed by atoms with Crippen molar-refractivity contribution in [2.45, 2.75) is 13.3 Å². The average Bonchev–Trinajstić information content (AvgIpc) is 2.77. The van der Waals surface area contributed by atoms with Gasteiger partial charge in [0.2, 0.25) is 5.91 Å². The van der Waals surface area contributed by atoms with Crippen molar-refractivity contribution in [3.63, 3.8) is 0 Å². The van der Waals surface area contributed by atoms with Crippen molar-refractivity contribution < 1.29 is 14.7 Å². The highest BCUT2D eigenvalue weighted by Gasteiger charge is 2.12. The lowest BCUT2D eigenvalue weighted by Crippen LogP contribution is -2.29. The molecule has 0 unspecified atom stereocenters. The second-order valence-electron chi connectivity index (χ2n) is 4.38. The Morgan fingerprint density at radius 1 is 1.45 bits per heavy atom. The van der Waals surface area contributed by atoms with Crippen LogP contribution in [-0.2, 0) is 4.79 Å². The molecule has 6 heteroatoms. The van der Waals surface area contributed by atoms with Gasteiger partial charge in [-0.15, -0.1) is 11.3 Å². The number of aryl methyl sites for hydroxylation is 1. The topological polar surface area (TPSA) is 69.6 Å². The molecule has 1 rings (SSSR count). The maximum Gasteiger partial charge on any atom is 0.261 e. The van der Waals surface area contributed by atoms with Crippen molar-refractivity contribution in [3.05, 3.63) is 21.4 Å². The van der Waals surface area contributed by atoms with Crippen molar-refractivity contribution in [1.29, 1.82) is 0 Å². The van der Waals surface area contributed by atoms with Crippen LogP contribution in [0.1, 0.15) is 26.5 Å². The number of rotatable bonds is 4. The number of nitrogens with one attached hydrogen (secondary N) is 1. The summed E-state index contributed by atoms with van der Waals surface area (Å²) in [5, 5.41) is 11.4. The van der Waals surface area contributed by atoms with E-state index in [1.807, 2.05) is 6.92 Å². The van der Waals surface area contributed by atoms with Crippen molar-refractivity contribution in [3.8, 4) is 11.8 Å². The summed E-state index contributed by atoms with van der Waals surface area (Å²) >= 11 is 1.28. The van der Waals surface area contributed by atoms with E-state index in [2.05, 4.69) is 17.2 Å².